The fourth-order valence-electron chi connectivity index (χ4n) is 3.19. The molecular formula is C24H54N2. The molecule has 0 spiro atoms. The van der Waals surface area contributed by atoms with Crippen LogP contribution in [0.15, 0.2) is 0 Å². The first-order chi connectivity index (χ1) is 12.7. The lowest BCUT2D eigenvalue weighted by Gasteiger charge is -2.06. The van der Waals surface area contributed by atoms with Gasteiger partial charge in [-0.2, -0.15) is 0 Å². The van der Waals surface area contributed by atoms with Gasteiger partial charge in [0.25, 0.3) is 0 Å². The van der Waals surface area contributed by atoms with Crippen LogP contribution >= 0.6 is 0 Å². The van der Waals surface area contributed by atoms with Crippen LogP contribution in [0, 0.1) is 0 Å². The van der Waals surface area contributed by atoms with Crippen LogP contribution in [0.25, 0.3) is 0 Å². The molecule has 26 heavy (non-hydrogen) atoms. The van der Waals surface area contributed by atoms with Gasteiger partial charge in [-0.05, 0) is 32.9 Å². The lowest BCUT2D eigenvalue weighted by Crippen LogP contribution is -2.24. The van der Waals surface area contributed by atoms with E-state index in [2.05, 4.69) is 33.0 Å². The third-order valence-electron chi connectivity index (χ3n) is 5.22. The van der Waals surface area contributed by atoms with Gasteiger partial charge in [-0.3, -0.25) is 0 Å². The molecule has 0 aromatic carbocycles. The largest absolute Gasteiger partial charge is 0.330 e. The van der Waals surface area contributed by atoms with E-state index in [9.17, 15) is 0 Å². The van der Waals surface area contributed by atoms with Crippen molar-refractivity contribution >= 4 is 0 Å². The van der Waals surface area contributed by atoms with E-state index in [1.807, 2.05) is 0 Å². The molecule has 160 valence electrons. The van der Waals surface area contributed by atoms with E-state index in [0.29, 0.717) is 6.04 Å². The summed E-state index contributed by atoms with van der Waals surface area (Å²) in [6.45, 7) is 10.8. The molecule has 0 aromatic rings. The second-order valence-electron chi connectivity index (χ2n) is 7.96. The molecule has 0 amide bonds. The molecule has 2 heteroatoms. The molecule has 0 rings (SSSR count). The van der Waals surface area contributed by atoms with E-state index >= 15 is 0 Å². The van der Waals surface area contributed by atoms with Crippen molar-refractivity contribution in [3.05, 3.63) is 0 Å². The Labute approximate surface area is 167 Å². The van der Waals surface area contributed by atoms with Gasteiger partial charge in [0, 0.05) is 6.04 Å². The SMILES string of the molecule is CCCCCCCCCCCCCCCCCCN.CCNC(C)CC. The Kier molecular flexibility index (Phi) is 29.4. The number of hydrogen-bond acceptors (Lipinski definition) is 2. The van der Waals surface area contributed by atoms with Crippen LogP contribution in [0.4, 0.5) is 0 Å². The minimum absolute atomic E-state index is 0.699. The summed E-state index contributed by atoms with van der Waals surface area (Å²) in [7, 11) is 0. The molecule has 0 bridgehead atoms. The van der Waals surface area contributed by atoms with Gasteiger partial charge in [0.05, 0.1) is 0 Å². The number of nitrogens with one attached hydrogen (secondary N) is 1. The Morgan fingerprint density at radius 2 is 0.923 bits per heavy atom. The molecule has 1 atom stereocenters. The zero-order valence-electron chi connectivity index (χ0n) is 19.1. The Morgan fingerprint density at radius 3 is 1.15 bits per heavy atom. The predicted molar refractivity (Wildman–Crippen MR) is 122 cm³/mol. The number of nitrogens with two attached hydrogens (primary N) is 1. The van der Waals surface area contributed by atoms with Gasteiger partial charge in [0.1, 0.15) is 0 Å². The van der Waals surface area contributed by atoms with Gasteiger partial charge in [-0.25, -0.2) is 0 Å². The van der Waals surface area contributed by atoms with E-state index in [1.165, 1.54) is 109 Å². The lowest BCUT2D eigenvalue weighted by molar-refractivity contribution is 0.530. The van der Waals surface area contributed by atoms with Crippen LogP contribution in [0.2, 0.25) is 0 Å². The maximum Gasteiger partial charge on any atom is 0.00359 e. The highest BCUT2D eigenvalue weighted by Gasteiger charge is 1.94. The first kappa shape index (κ1) is 28.1. The number of unbranched alkanes of at least 4 members (excludes halogenated alkanes) is 15. The molecular weight excluding hydrogens is 316 g/mol. The first-order valence-electron chi connectivity index (χ1n) is 12.2. The normalized spacial score (nSPS) is 11.9. The van der Waals surface area contributed by atoms with Gasteiger partial charge in [0.2, 0.25) is 0 Å². The molecule has 0 aliphatic carbocycles. The lowest BCUT2D eigenvalue weighted by atomic mass is 10.0. The summed E-state index contributed by atoms with van der Waals surface area (Å²) in [6, 6.07) is 0.699. The molecule has 3 N–H and O–H groups in total. The second-order valence-corrected chi connectivity index (χ2v) is 7.96. The van der Waals surface area contributed by atoms with E-state index in [0.717, 1.165) is 13.1 Å². The number of hydrogen-bond donors (Lipinski definition) is 2. The minimum atomic E-state index is 0.699. The van der Waals surface area contributed by atoms with E-state index in [-0.39, 0.29) is 0 Å². The highest BCUT2D eigenvalue weighted by Crippen LogP contribution is 2.13. The van der Waals surface area contributed by atoms with Crippen LogP contribution in [0.3, 0.4) is 0 Å². The van der Waals surface area contributed by atoms with E-state index in [1.54, 1.807) is 0 Å². The molecule has 0 aliphatic heterocycles. The Morgan fingerprint density at radius 1 is 0.577 bits per heavy atom. The first-order valence-corrected chi connectivity index (χ1v) is 12.2. The van der Waals surface area contributed by atoms with Gasteiger partial charge in [0.15, 0.2) is 0 Å². The van der Waals surface area contributed by atoms with Crippen molar-refractivity contribution in [3.8, 4) is 0 Å². The predicted octanol–water partition coefficient (Wildman–Crippen LogP) is 7.60. The van der Waals surface area contributed by atoms with Crippen molar-refractivity contribution in [2.75, 3.05) is 13.1 Å². The third-order valence-corrected chi connectivity index (χ3v) is 5.22. The third kappa shape index (κ3) is 28.7. The fraction of sp³-hybridized carbons (Fsp3) is 1.00. The van der Waals surface area contributed by atoms with Crippen molar-refractivity contribution in [3.63, 3.8) is 0 Å². The average molecular weight is 371 g/mol. The van der Waals surface area contributed by atoms with Crippen LogP contribution < -0.4 is 11.1 Å². The van der Waals surface area contributed by atoms with Crippen LogP contribution in [-0.2, 0) is 0 Å². The summed E-state index contributed by atoms with van der Waals surface area (Å²) < 4.78 is 0. The van der Waals surface area contributed by atoms with E-state index in [4.69, 9.17) is 5.73 Å². The summed E-state index contributed by atoms with van der Waals surface area (Å²) in [4.78, 5) is 0. The highest BCUT2D eigenvalue weighted by atomic mass is 14.9. The van der Waals surface area contributed by atoms with Crippen molar-refractivity contribution in [2.24, 2.45) is 5.73 Å². The minimum Gasteiger partial charge on any atom is -0.330 e. The molecule has 2 nitrogen and oxygen atoms in total. The molecule has 0 aromatic heterocycles. The van der Waals surface area contributed by atoms with Crippen LogP contribution in [-0.4, -0.2) is 19.1 Å². The average Bonchev–Trinajstić information content (AvgIpc) is 2.65. The van der Waals surface area contributed by atoms with Gasteiger partial charge in [-0.15, -0.1) is 0 Å². The molecule has 0 aliphatic rings. The van der Waals surface area contributed by atoms with Crippen molar-refractivity contribution in [1.82, 2.24) is 5.32 Å². The molecule has 1 unspecified atom stereocenters. The summed E-state index contributed by atoms with van der Waals surface area (Å²) >= 11 is 0. The van der Waals surface area contributed by atoms with Gasteiger partial charge < -0.3 is 11.1 Å². The molecule has 0 saturated carbocycles. The fourth-order valence-corrected chi connectivity index (χ4v) is 3.19. The summed E-state index contributed by atoms with van der Waals surface area (Å²) in [5.41, 5.74) is 5.48. The zero-order valence-corrected chi connectivity index (χ0v) is 19.1. The summed E-state index contributed by atoms with van der Waals surface area (Å²) in [6.07, 6.45) is 24.1. The molecule has 0 fully saturated rings. The second kappa shape index (κ2) is 27.1. The topological polar surface area (TPSA) is 38.0 Å². The quantitative estimate of drug-likeness (QED) is 0.230. The standard InChI is InChI=1S/C18H39N.C6H15N/c1-2-3-4-5-6-7-8-9-10-11-12-13-14-15-16-17-18-19;1-4-6(3)7-5-2/h2-19H2,1H3;6-7H,4-5H2,1-3H3. The Bertz CT molecular complexity index is 202. The smallest absolute Gasteiger partial charge is 0.00359 e. The Hall–Kier alpha value is -0.0800. The highest BCUT2D eigenvalue weighted by molar-refractivity contribution is 4.53. The van der Waals surface area contributed by atoms with Crippen molar-refractivity contribution in [2.45, 2.75) is 143 Å². The van der Waals surface area contributed by atoms with Crippen LogP contribution in [0.5, 0.6) is 0 Å². The van der Waals surface area contributed by atoms with E-state index < -0.39 is 0 Å². The van der Waals surface area contributed by atoms with Crippen molar-refractivity contribution < 1.29 is 0 Å². The molecule has 0 heterocycles. The van der Waals surface area contributed by atoms with Gasteiger partial charge >= 0.3 is 0 Å². The monoisotopic (exact) mass is 370 g/mol. The molecule has 0 saturated heterocycles. The number of rotatable bonds is 19. The summed E-state index contributed by atoms with van der Waals surface area (Å²) in [5, 5.41) is 3.30. The maximum absolute atomic E-state index is 5.48. The molecule has 0 radical (unpaired) electrons. The summed E-state index contributed by atoms with van der Waals surface area (Å²) in [5.74, 6) is 0. The van der Waals surface area contributed by atoms with Crippen molar-refractivity contribution in [1.29, 1.82) is 0 Å². The maximum atomic E-state index is 5.48. The zero-order chi connectivity index (χ0) is 19.7. The Balaban J connectivity index is 0. The van der Waals surface area contributed by atoms with Gasteiger partial charge in [-0.1, -0.05) is 117 Å². The van der Waals surface area contributed by atoms with Crippen LogP contribution in [0.1, 0.15) is 137 Å².